The number of rotatable bonds is 11. The number of H-pyrrole nitrogens is 1. The van der Waals surface area contributed by atoms with Gasteiger partial charge in [0.05, 0.1) is 13.2 Å². The molecule has 5 atom stereocenters. The van der Waals surface area contributed by atoms with Crippen molar-refractivity contribution >= 4 is 41.1 Å². The lowest BCUT2D eigenvalue weighted by molar-refractivity contribution is -0.142. The topological polar surface area (TPSA) is 224 Å². The van der Waals surface area contributed by atoms with Gasteiger partial charge in [-0.05, 0) is 62.1 Å². The zero-order chi connectivity index (χ0) is 39.0. The summed E-state index contributed by atoms with van der Waals surface area (Å²) < 4.78 is 10.9. The van der Waals surface area contributed by atoms with Crippen LogP contribution in [0.15, 0.2) is 48.5 Å². The third-order valence-corrected chi connectivity index (χ3v) is 9.99. The SMILES string of the molecule is C=C[C@@H]1C[C@]1(NC(=O)[C@@H]1C[C@@H](n2nc(-c3ccc(OC)cc3)c(-c3nccs3)n2)CN1C(=O)[C@@H](NC(=O)OC(C)(C)C)C(C)(C)C)C(=O)Nc1nn[nH]n1. The third-order valence-electron chi connectivity index (χ3n) is 9.21. The summed E-state index contributed by atoms with van der Waals surface area (Å²) in [7, 11) is 1.59. The summed E-state index contributed by atoms with van der Waals surface area (Å²) >= 11 is 1.40. The van der Waals surface area contributed by atoms with Crippen LogP contribution >= 0.6 is 11.3 Å². The molecule has 0 unspecified atom stereocenters. The highest BCUT2D eigenvalue weighted by Crippen LogP contribution is 2.46. The van der Waals surface area contributed by atoms with Gasteiger partial charge in [0.15, 0.2) is 0 Å². The van der Waals surface area contributed by atoms with Crippen LogP contribution in [-0.4, -0.2) is 106 Å². The van der Waals surface area contributed by atoms with Gasteiger partial charge in [-0.1, -0.05) is 31.9 Å². The van der Waals surface area contributed by atoms with Crippen molar-refractivity contribution in [1.82, 2.24) is 56.1 Å². The van der Waals surface area contributed by atoms with Crippen molar-refractivity contribution in [3.8, 4) is 27.7 Å². The van der Waals surface area contributed by atoms with Crippen LogP contribution in [0, 0.1) is 11.3 Å². The molecular formula is C35H44N12O6S. The van der Waals surface area contributed by atoms with E-state index < -0.39 is 64.4 Å². The molecule has 4 heterocycles. The number of nitrogens with one attached hydrogen (secondary N) is 4. The van der Waals surface area contributed by atoms with E-state index >= 15 is 0 Å². The summed E-state index contributed by atoms with van der Waals surface area (Å²) in [6, 6.07) is 4.60. The number of aromatic amines is 1. The first kappa shape index (κ1) is 38.0. The molecule has 1 aliphatic carbocycles. The van der Waals surface area contributed by atoms with Gasteiger partial charge in [0.1, 0.15) is 45.4 Å². The molecule has 19 heteroatoms. The summed E-state index contributed by atoms with van der Waals surface area (Å²) in [6.07, 6.45) is 2.85. The lowest BCUT2D eigenvalue weighted by Gasteiger charge is -2.36. The molecule has 2 aliphatic rings. The van der Waals surface area contributed by atoms with Gasteiger partial charge in [-0.15, -0.1) is 28.1 Å². The van der Waals surface area contributed by atoms with Crippen molar-refractivity contribution in [3.63, 3.8) is 0 Å². The highest BCUT2D eigenvalue weighted by molar-refractivity contribution is 7.13. The number of likely N-dealkylation sites (tertiary alicyclic amines) is 1. The maximum Gasteiger partial charge on any atom is 0.408 e. The van der Waals surface area contributed by atoms with E-state index in [2.05, 4.69) is 48.1 Å². The molecule has 0 radical (unpaired) electrons. The van der Waals surface area contributed by atoms with E-state index in [1.54, 1.807) is 40.2 Å². The molecule has 18 nitrogen and oxygen atoms in total. The minimum atomic E-state index is -1.37. The number of carbonyl (C=O) groups is 4. The monoisotopic (exact) mass is 760 g/mol. The van der Waals surface area contributed by atoms with Gasteiger partial charge in [0.25, 0.3) is 11.9 Å². The van der Waals surface area contributed by atoms with E-state index in [1.807, 2.05) is 50.4 Å². The van der Waals surface area contributed by atoms with E-state index in [0.29, 0.717) is 22.1 Å². The predicted molar refractivity (Wildman–Crippen MR) is 197 cm³/mol. The van der Waals surface area contributed by atoms with Crippen molar-refractivity contribution in [2.45, 2.75) is 83.6 Å². The van der Waals surface area contributed by atoms with Gasteiger partial charge in [-0.3, -0.25) is 19.7 Å². The molecule has 4 amide bonds. The fourth-order valence-electron chi connectivity index (χ4n) is 6.39. The van der Waals surface area contributed by atoms with Crippen molar-refractivity contribution in [1.29, 1.82) is 0 Å². The minimum Gasteiger partial charge on any atom is -0.497 e. The molecule has 2 fully saturated rings. The summed E-state index contributed by atoms with van der Waals surface area (Å²) in [6.45, 7) is 14.4. The molecule has 1 saturated carbocycles. The Hall–Kier alpha value is -5.72. The summed E-state index contributed by atoms with van der Waals surface area (Å²) in [5, 5.41) is 33.8. The third kappa shape index (κ3) is 7.95. The fraction of sp³-hybridized carbons (Fsp3) is 0.486. The van der Waals surface area contributed by atoms with Crippen molar-refractivity contribution in [2.24, 2.45) is 11.3 Å². The molecule has 0 spiro atoms. The van der Waals surface area contributed by atoms with Crippen LogP contribution in [0.4, 0.5) is 10.7 Å². The summed E-state index contributed by atoms with van der Waals surface area (Å²) in [5.74, 6) is -1.43. The number of benzene rings is 1. The Kier molecular flexibility index (Phi) is 10.3. The molecule has 1 aliphatic heterocycles. The van der Waals surface area contributed by atoms with Crippen molar-refractivity contribution in [2.75, 3.05) is 19.0 Å². The molecule has 0 bridgehead atoms. The Morgan fingerprint density at radius 3 is 2.39 bits per heavy atom. The number of ether oxygens (including phenoxy) is 2. The molecule has 54 heavy (non-hydrogen) atoms. The van der Waals surface area contributed by atoms with E-state index in [9.17, 15) is 19.2 Å². The number of anilines is 1. The molecule has 6 rings (SSSR count). The lowest BCUT2D eigenvalue weighted by atomic mass is 9.85. The number of hydrogen-bond acceptors (Lipinski definition) is 13. The van der Waals surface area contributed by atoms with Gasteiger partial charge >= 0.3 is 6.09 Å². The molecular weight excluding hydrogens is 717 g/mol. The van der Waals surface area contributed by atoms with Gasteiger partial charge < -0.3 is 25.0 Å². The quantitative estimate of drug-likeness (QED) is 0.162. The second kappa shape index (κ2) is 14.6. The summed E-state index contributed by atoms with van der Waals surface area (Å²) in [4.78, 5) is 63.1. The molecule has 1 aromatic carbocycles. The van der Waals surface area contributed by atoms with E-state index in [0.717, 1.165) is 5.56 Å². The van der Waals surface area contributed by atoms with Crippen molar-refractivity contribution < 1.29 is 28.7 Å². The number of amides is 4. The molecule has 4 N–H and O–H groups in total. The zero-order valence-electron chi connectivity index (χ0n) is 31.1. The average Bonchev–Trinajstić information content (AvgIpc) is 3.75. The fourth-order valence-corrected chi connectivity index (χ4v) is 7.01. The first-order valence-corrected chi connectivity index (χ1v) is 18.2. The molecule has 286 valence electrons. The number of tetrazole rings is 1. The smallest absolute Gasteiger partial charge is 0.408 e. The Balaban J connectivity index is 1.35. The first-order valence-electron chi connectivity index (χ1n) is 17.3. The molecule has 3 aromatic heterocycles. The maximum absolute atomic E-state index is 14.7. The zero-order valence-corrected chi connectivity index (χ0v) is 31.9. The number of thiazole rings is 1. The Bertz CT molecular complexity index is 2000. The molecule has 1 saturated heterocycles. The number of carbonyl (C=O) groups excluding carboxylic acids is 4. The van der Waals surface area contributed by atoms with Crippen LogP contribution in [0.1, 0.15) is 60.4 Å². The Morgan fingerprint density at radius 1 is 1.09 bits per heavy atom. The van der Waals surface area contributed by atoms with E-state index in [-0.39, 0.29) is 25.3 Å². The molecule has 4 aromatic rings. The maximum atomic E-state index is 14.7. The van der Waals surface area contributed by atoms with Crippen LogP contribution in [0.5, 0.6) is 5.75 Å². The number of hydrogen-bond donors (Lipinski definition) is 4. The highest BCUT2D eigenvalue weighted by atomic mass is 32.1. The van der Waals surface area contributed by atoms with Gasteiger partial charge in [0.2, 0.25) is 11.8 Å². The largest absolute Gasteiger partial charge is 0.497 e. The van der Waals surface area contributed by atoms with Crippen LogP contribution in [-0.2, 0) is 19.1 Å². The van der Waals surface area contributed by atoms with E-state index in [4.69, 9.17) is 19.7 Å². The van der Waals surface area contributed by atoms with Gasteiger partial charge in [0, 0.05) is 36.0 Å². The van der Waals surface area contributed by atoms with Crippen LogP contribution in [0.25, 0.3) is 22.0 Å². The standard InChI is InChI=1S/C35H44N12O6S/c1-9-20-17-35(20,30(50)38-31-40-44-45-41-31)39-27(48)23-16-21(18-46(23)29(49)26(33(2,3)4)37-32(51)53-34(5,6)7)47-42-24(19-10-12-22(52-8)13-11-19)25(43-47)28-36-14-15-54-28/h9-15,20-21,23,26H,1,16-18H2,2-8H3,(H,37,51)(H,39,48)(H2,38,40,41,44,45,50)/t20-,21-,23+,26-,35-/m1/s1. The Labute approximate surface area is 315 Å². The van der Waals surface area contributed by atoms with Crippen LogP contribution < -0.4 is 20.7 Å². The number of aromatic nitrogens is 8. The number of nitrogens with zero attached hydrogens (tertiary/aromatic N) is 8. The predicted octanol–water partition coefficient (Wildman–Crippen LogP) is 3.37. The second-order valence-corrected chi connectivity index (χ2v) is 16.2. The first-order chi connectivity index (χ1) is 25.5. The van der Waals surface area contributed by atoms with Gasteiger partial charge in [-0.2, -0.15) is 15.1 Å². The number of methoxy groups -OCH3 is 1. The Morgan fingerprint density at radius 2 is 1.81 bits per heavy atom. The minimum absolute atomic E-state index is 0.0144. The highest BCUT2D eigenvalue weighted by Gasteiger charge is 2.61. The second-order valence-electron chi connectivity index (χ2n) is 15.3. The normalized spacial score (nSPS) is 21.5. The average molecular weight is 761 g/mol. The van der Waals surface area contributed by atoms with Crippen molar-refractivity contribution in [3.05, 3.63) is 48.5 Å². The lowest BCUT2D eigenvalue weighted by Crippen LogP contribution is -2.59. The van der Waals surface area contributed by atoms with E-state index in [1.165, 1.54) is 21.0 Å². The summed E-state index contributed by atoms with van der Waals surface area (Å²) in [5.41, 5.74) is -1.13. The van der Waals surface area contributed by atoms with Gasteiger partial charge in [-0.25, -0.2) is 9.78 Å². The van der Waals surface area contributed by atoms with Crippen LogP contribution in [0.3, 0.4) is 0 Å². The number of alkyl carbamates (subject to hydrolysis) is 1. The van der Waals surface area contributed by atoms with Crippen LogP contribution in [0.2, 0.25) is 0 Å².